The van der Waals surface area contributed by atoms with E-state index in [-0.39, 0.29) is 26.1 Å². The Labute approximate surface area is 215 Å². The van der Waals surface area contributed by atoms with E-state index in [9.17, 15) is 19.2 Å². The summed E-state index contributed by atoms with van der Waals surface area (Å²) in [4.78, 5) is 48.1. The quantitative estimate of drug-likeness (QED) is 0.158. The molecule has 3 N–H and O–H groups in total. The third-order valence-electron chi connectivity index (χ3n) is 4.61. The summed E-state index contributed by atoms with van der Waals surface area (Å²) in [7, 11) is 0. The summed E-state index contributed by atoms with van der Waals surface area (Å²) in [6, 6.07) is 17.0. The molecule has 0 radical (unpaired) electrons. The molecule has 0 saturated heterocycles. The number of carboxylic acids is 1. The van der Waals surface area contributed by atoms with Crippen LogP contribution in [-0.2, 0) is 41.8 Å². The fourth-order valence-corrected chi connectivity index (χ4v) is 2.61. The molecule has 2 aromatic carbocycles. The van der Waals surface area contributed by atoms with E-state index in [1.807, 2.05) is 60.7 Å². The number of hydrogen-bond acceptors (Lipinski definition) is 9. The number of aliphatic imine (C=N–C) groups is 1. The molecule has 2 aromatic rings. The van der Waals surface area contributed by atoms with Crippen molar-refractivity contribution < 1.29 is 38.5 Å². The SMILES string of the molecule is C=N[C@@H](CCC(=O)OCc1ccccc1)C(=O)O.CCOC(=O)C(C)NNC(=O)OCc1ccccc1. The van der Waals surface area contributed by atoms with Crippen molar-refractivity contribution in [1.29, 1.82) is 0 Å². The lowest BCUT2D eigenvalue weighted by Crippen LogP contribution is -2.47. The molecular formula is C26H33N3O8. The lowest BCUT2D eigenvalue weighted by Gasteiger charge is -2.13. The summed E-state index contributed by atoms with van der Waals surface area (Å²) >= 11 is 0. The molecule has 1 unspecified atom stereocenters. The van der Waals surface area contributed by atoms with Crippen molar-refractivity contribution in [3.63, 3.8) is 0 Å². The minimum absolute atomic E-state index is 0.0167. The van der Waals surface area contributed by atoms with Crippen LogP contribution in [0.4, 0.5) is 4.79 Å². The minimum atomic E-state index is -1.08. The van der Waals surface area contributed by atoms with Gasteiger partial charge in [0.05, 0.1) is 6.61 Å². The molecule has 0 aliphatic rings. The van der Waals surface area contributed by atoms with Gasteiger partial charge in [-0.3, -0.25) is 20.0 Å². The topological polar surface area (TPSA) is 153 Å². The van der Waals surface area contributed by atoms with E-state index < -0.39 is 36.1 Å². The Hall–Kier alpha value is -4.25. The van der Waals surface area contributed by atoms with E-state index in [0.29, 0.717) is 6.61 Å². The number of ether oxygens (including phenoxy) is 3. The Balaban J connectivity index is 0.000000371. The maximum absolute atomic E-state index is 11.4. The zero-order chi connectivity index (χ0) is 27.5. The van der Waals surface area contributed by atoms with Crippen LogP contribution in [0.3, 0.4) is 0 Å². The van der Waals surface area contributed by atoms with Crippen LogP contribution in [0.1, 0.15) is 37.8 Å². The molecule has 200 valence electrons. The fourth-order valence-electron chi connectivity index (χ4n) is 2.61. The lowest BCUT2D eigenvalue weighted by atomic mass is 10.1. The smallest absolute Gasteiger partial charge is 0.421 e. The third-order valence-corrected chi connectivity index (χ3v) is 4.61. The number of nitrogens with zero attached hydrogens (tertiary/aromatic N) is 1. The molecule has 11 nitrogen and oxygen atoms in total. The number of esters is 2. The van der Waals surface area contributed by atoms with E-state index in [4.69, 9.17) is 19.3 Å². The minimum Gasteiger partial charge on any atom is -0.480 e. The van der Waals surface area contributed by atoms with Crippen molar-refractivity contribution in [2.45, 2.75) is 52.0 Å². The molecule has 0 aliphatic heterocycles. The van der Waals surface area contributed by atoms with Gasteiger partial charge in [0.15, 0.2) is 0 Å². The van der Waals surface area contributed by atoms with Crippen LogP contribution in [0.2, 0.25) is 0 Å². The number of benzene rings is 2. The number of nitrogens with one attached hydrogen (secondary N) is 2. The highest BCUT2D eigenvalue weighted by molar-refractivity contribution is 5.76. The highest BCUT2D eigenvalue weighted by Crippen LogP contribution is 2.06. The maximum Gasteiger partial charge on any atom is 0.421 e. The van der Waals surface area contributed by atoms with E-state index in [2.05, 4.69) is 22.6 Å². The average molecular weight is 516 g/mol. The van der Waals surface area contributed by atoms with Crippen LogP contribution in [0, 0.1) is 0 Å². The Kier molecular flexibility index (Phi) is 15.0. The van der Waals surface area contributed by atoms with E-state index in [1.165, 1.54) is 0 Å². The van der Waals surface area contributed by atoms with Crippen molar-refractivity contribution in [3.8, 4) is 0 Å². The number of aliphatic carboxylic acids is 1. The Morgan fingerprint density at radius 3 is 1.95 bits per heavy atom. The standard InChI is InChI=1S/C13H18N2O4.C13H15NO4/c1-3-18-12(16)10(2)14-15-13(17)19-9-11-7-5-4-6-8-11;1-14-11(13(16)17)7-8-12(15)18-9-10-5-3-2-4-6-10/h4-8,10,14H,3,9H2,1-2H3,(H,15,17);2-6,11H,1,7-9H2,(H,16,17)/t;11-/m.0/s1. The van der Waals surface area contributed by atoms with Crippen LogP contribution in [-0.4, -0.2) is 54.5 Å². The molecule has 0 bridgehead atoms. The van der Waals surface area contributed by atoms with Gasteiger partial charge in [0, 0.05) is 6.42 Å². The predicted octanol–water partition coefficient (Wildman–Crippen LogP) is 3.03. The van der Waals surface area contributed by atoms with Crippen LogP contribution in [0.5, 0.6) is 0 Å². The molecule has 0 aromatic heterocycles. The maximum atomic E-state index is 11.4. The largest absolute Gasteiger partial charge is 0.480 e. The molecular weight excluding hydrogens is 482 g/mol. The highest BCUT2D eigenvalue weighted by atomic mass is 16.6. The van der Waals surface area contributed by atoms with Crippen molar-refractivity contribution >= 4 is 30.7 Å². The second kappa shape index (κ2) is 18.1. The Morgan fingerprint density at radius 1 is 0.919 bits per heavy atom. The highest BCUT2D eigenvalue weighted by Gasteiger charge is 2.17. The zero-order valence-electron chi connectivity index (χ0n) is 20.9. The van der Waals surface area contributed by atoms with E-state index in [0.717, 1.165) is 11.1 Å². The lowest BCUT2D eigenvalue weighted by molar-refractivity contribution is -0.146. The molecule has 11 heteroatoms. The molecule has 1 amide bonds. The summed E-state index contributed by atoms with van der Waals surface area (Å²) in [5.41, 5.74) is 6.56. The van der Waals surface area contributed by atoms with Crippen molar-refractivity contribution in [1.82, 2.24) is 10.9 Å². The third kappa shape index (κ3) is 14.0. The summed E-state index contributed by atoms with van der Waals surface area (Å²) < 4.78 is 14.7. The van der Waals surface area contributed by atoms with Gasteiger partial charge in [0.25, 0.3) is 0 Å². The Bertz CT molecular complexity index is 986. The average Bonchev–Trinajstić information content (AvgIpc) is 2.91. The molecule has 37 heavy (non-hydrogen) atoms. The summed E-state index contributed by atoms with van der Waals surface area (Å²) in [6.45, 7) is 7.12. The first kappa shape index (κ1) is 30.8. The van der Waals surface area contributed by atoms with Gasteiger partial charge in [-0.15, -0.1) is 0 Å². The molecule has 0 heterocycles. The van der Waals surface area contributed by atoms with E-state index in [1.54, 1.807) is 13.8 Å². The van der Waals surface area contributed by atoms with Crippen LogP contribution < -0.4 is 10.9 Å². The van der Waals surface area contributed by atoms with Gasteiger partial charge < -0.3 is 19.3 Å². The normalized spacial score (nSPS) is 11.5. The first-order valence-corrected chi connectivity index (χ1v) is 11.5. The number of amides is 1. The summed E-state index contributed by atoms with van der Waals surface area (Å²) in [5.74, 6) is -1.96. The second-order valence-electron chi connectivity index (χ2n) is 7.53. The van der Waals surface area contributed by atoms with Gasteiger partial charge in [0.1, 0.15) is 25.3 Å². The summed E-state index contributed by atoms with van der Waals surface area (Å²) in [6.07, 6.45) is -0.532. The van der Waals surface area contributed by atoms with Crippen molar-refractivity contribution in [3.05, 3.63) is 71.8 Å². The molecule has 2 rings (SSSR count). The van der Waals surface area contributed by atoms with E-state index >= 15 is 0 Å². The monoisotopic (exact) mass is 515 g/mol. The second-order valence-corrected chi connectivity index (χ2v) is 7.53. The molecule has 0 saturated carbocycles. The predicted molar refractivity (Wildman–Crippen MR) is 135 cm³/mol. The van der Waals surface area contributed by atoms with Gasteiger partial charge >= 0.3 is 24.0 Å². The van der Waals surface area contributed by atoms with Crippen molar-refractivity contribution in [2.75, 3.05) is 6.61 Å². The van der Waals surface area contributed by atoms with Crippen LogP contribution >= 0.6 is 0 Å². The number of carbonyl (C=O) groups is 4. The number of carbonyl (C=O) groups excluding carboxylic acids is 3. The Morgan fingerprint density at radius 2 is 1.46 bits per heavy atom. The van der Waals surface area contributed by atoms with Gasteiger partial charge in [-0.2, -0.15) is 0 Å². The first-order valence-electron chi connectivity index (χ1n) is 11.5. The van der Waals surface area contributed by atoms with Gasteiger partial charge in [-0.1, -0.05) is 60.7 Å². The first-order chi connectivity index (χ1) is 17.8. The number of carboxylic acid groups (broad SMARTS) is 1. The van der Waals surface area contributed by atoms with Crippen molar-refractivity contribution in [2.24, 2.45) is 4.99 Å². The van der Waals surface area contributed by atoms with Crippen LogP contribution in [0.25, 0.3) is 0 Å². The summed E-state index contributed by atoms with van der Waals surface area (Å²) in [5, 5.41) is 8.71. The molecule has 0 spiro atoms. The number of rotatable bonds is 13. The number of hydrazine groups is 1. The van der Waals surface area contributed by atoms with Gasteiger partial charge in [0.2, 0.25) is 0 Å². The molecule has 0 aliphatic carbocycles. The van der Waals surface area contributed by atoms with Crippen LogP contribution in [0.15, 0.2) is 65.7 Å². The molecule has 0 fully saturated rings. The fraction of sp³-hybridized carbons (Fsp3) is 0.346. The zero-order valence-corrected chi connectivity index (χ0v) is 20.9. The van der Waals surface area contributed by atoms with Gasteiger partial charge in [-0.25, -0.2) is 15.0 Å². The molecule has 2 atom stereocenters. The number of hydrogen-bond donors (Lipinski definition) is 3. The van der Waals surface area contributed by atoms with Gasteiger partial charge in [-0.05, 0) is 38.1 Å².